The van der Waals surface area contributed by atoms with E-state index in [0.29, 0.717) is 6.42 Å². The van der Waals surface area contributed by atoms with E-state index in [1.165, 1.54) is 0 Å². The minimum Gasteiger partial charge on any atom is -0.229 e. The molecule has 0 radical (unpaired) electrons. The highest BCUT2D eigenvalue weighted by atomic mass is 79.9. The highest BCUT2D eigenvalue weighted by Gasteiger charge is 2.40. The van der Waals surface area contributed by atoms with Crippen molar-refractivity contribution < 1.29 is 8.42 Å². The van der Waals surface area contributed by atoms with Crippen LogP contribution in [0.1, 0.15) is 6.42 Å². The van der Waals surface area contributed by atoms with E-state index in [-0.39, 0.29) is 11.5 Å². The zero-order valence-electron chi connectivity index (χ0n) is 5.17. The Morgan fingerprint density at radius 2 is 2.20 bits per heavy atom. The van der Waals surface area contributed by atoms with Gasteiger partial charge >= 0.3 is 0 Å². The molecule has 1 unspecified atom stereocenters. The van der Waals surface area contributed by atoms with Crippen molar-refractivity contribution in [2.45, 2.75) is 10.7 Å². The third-order valence-electron chi connectivity index (χ3n) is 1.46. The van der Waals surface area contributed by atoms with E-state index in [1.807, 2.05) is 6.07 Å². The number of sulfone groups is 1. The molecule has 1 heterocycles. The number of alkyl halides is 1. The van der Waals surface area contributed by atoms with E-state index < -0.39 is 14.2 Å². The molecule has 1 atom stereocenters. The maximum absolute atomic E-state index is 10.8. The van der Waals surface area contributed by atoms with Crippen LogP contribution in [0.15, 0.2) is 0 Å². The van der Waals surface area contributed by atoms with Crippen LogP contribution in [0.3, 0.4) is 0 Å². The molecule has 0 aliphatic carbocycles. The molecule has 56 valence electrons. The Bertz CT molecular complexity index is 279. The Morgan fingerprint density at radius 1 is 1.60 bits per heavy atom. The quantitative estimate of drug-likeness (QED) is 0.561. The molecule has 1 rings (SSSR count). The maximum atomic E-state index is 10.8. The molecule has 1 saturated heterocycles. The summed E-state index contributed by atoms with van der Waals surface area (Å²) < 4.78 is 20.8. The van der Waals surface area contributed by atoms with Gasteiger partial charge in [-0.05, 0) is 6.42 Å². The van der Waals surface area contributed by atoms with Crippen LogP contribution in [0, 0.1) is 11.3 Å². The zero-order chi connectivity index (χ0) is 7.83. The normalized spacial score (nSPS) is 37.2. The van der Waals surface area contributed by atoms with Gasteiger partial charge in [0.2, 0.25) is 0 Å². The van der Waals surface area contributed by atoms with E-state index >= 15 is 0 Å². The second-order valence-corrected chi connectivity index (χ2v) is 6.12. The number of halogens is 1. The molecule has 3 nitrogen and oxygen atoms in total. The average molecular weight is 224 g/mol. The fraction of sp³-hybridized carbons (Fsp3) is 0.800. The molecular weight excluding hydrogens is 218 g/mol. The molecule has 0 N–H and O–H groups in total. The second-order valence-electron chi connectivity index (χ2n) is 2.42. The molecule has 1 aliphatic heterocycles. The molecule has 0 saturated carbocycles. The fourth-order valence-corrected chi connectivity index (χ4v) is 4.12. The van der Waals surface area contributed by atoms with Crippen LogP contribution >= 0.6 is 15.9 Å². The Balaban J connectivity index is 2.89. The first-order valence-corrected chi connectivity index (χ1v) is 5.39. The number of hydrogen-bond acceptors (Lipinski definition) is 3. The molecule has 0 aromatic heterocycles. The minimum atomic E-state index is -2.94. The second kappa shape index (κ2) is 2.21. The molecule has 0 aromatic rings. The van der Waals surface area contributed by atoms with Crippen molar-refractivity contribution >= 4 is 25.8 Å². The number of nitrogens with zero attached hydrogens (tertiary/aromatic N) is 1. The first-order valence-electron chi connectivity index (χ1n) is 2.78. The van der Waals surface area contributed by atoms with Crippen LogP contribution in [-0.2, 0) is 9.84 Å². The summed E-state index contributed by atoms with van der Waals surface area (Å²) >= 11 is 3.08. The predicted molar refractivity (Wildman–Crippen MR) is 40.5 cm³/mol. The van der Waals surface area contributed by atoms with Gasteiger partial charge < -0.3 is 0 Å². The highest BCUT2D eigenvalue weighted by Crippen LogP contribution is 2.30. The number of rotatable bonds is 0. The van der Waals surface area contributed by atoms with Crippen LogP contribution < -0.4 is 0 Å². The van der Waals surface area contributed by atoms with Crippen molar-refractivity contribution in [1.29, 1.82) is 5.26 Å². The third-order valence-corrected chi connectivity index (χ3v) is 4.44. The maximum Gasteiger partial charge on any atom is 0.152 e. The van der Waals surface area contributed by atoms with Crippen LogP contribution in [-0.4, -0.2) is 24.2 Å². The van der Waals surface area contributed by atoms with E-state index in [9.17, 15) is 8.42 Å². The summed E-state index contributed by atoms with van der Waals surface area (Å²) in [6.45, 7) is 0. The Morgan fingerprint density at radius 3 is 2.40 bits per heavy atom. The summed E-state index contributed by atoms with van der Waals surface area (Å²) in [5, 5.41) is 8.50. The van der Waals surface area contributed by atoms with E-state index in [0.717, 1.165) is 0 Å². The largest absolute Gasteiger partial charge is 0.229 e. The van der Waals surface area contributed by atoms with E-state index in [1.54, 1.807) is 0 Å². The van der Waals surface area contributed by atoms with Gasteiger partial charge in [-0.2, -0.15) is 5.26 Å². The standard InChI is InChI=1S/C5H6BrNO2S/c6-5(3-7)1-2-10(8,9)4-5/h1-2,4H2. The van der Waals surface area contributed by atoms with Crippen molar-refractivity contribution in [1.82, 2.24) is 0 Å². The van der Waals surface area contributed by atoms with Crippen molar-refractivity contribution in [2.24, 2.45) is 0 Å². The van der Waals surface area contributed by atoms with Gasteiger partial charge in [0.25, 0.3) is 0 Å². The predicted octanol–water partition coefficient (Wildman–Crippen LogP) is 0.462. The summed E-state index contributed by atoms with van der Waals surface area (Å²) in [5.41, 5.74) is 0. The Kier molecular flexibility index (Phi) is 1.77. The summed E-state index contributed by atoms with van der Waals surface area (Å²) in [4.78, 5) is 0. The van der Waals surface area contributed by atoms with E-state index in [4.69, 9.17) is 5.26 Å². The molecule has 1 fully saturated rings. The first-order chi connectivity index (χ1) is 4.47. The van der Waals surface area contributed by atoms with Crippen LogP contribution in [0.4, 0.5) is 0 Å². The van der Waals surface area contributed by atoms with Gasteiger partial charge in [-0.25, -0.2) is 8.42 Å². The monoisotopic (exact) mass is 223 g/mol. The van der Waals surface area contributed by atoms with Gasteiger partial charge in [-0.15, -0.1) is 0 Å². The Hall–Kier alpha value is -0.0800. The van der Waals surface area contributed by atoms with Gasteiger partial charge in [0, 0.05) is 0 Å². The molecule has 0 amide bonds. The van der Waals surface area contributed by atoms with Crippen molar-refractivity contribution in [3.63, 3.8) is 0 Å². The third kappa shape index (κ3) is 1.50. The average Bonchev–Trinajstić information content (AvgIpc) is 2.08. The van der Waals surface area contributed by atoms with E-state index in [2.05, 4.69) is 15.9 Å². The van der Waals surface area contributed by atoms with Gasteiger partial charge in [0.15, 0.2) is 9.84 Å². The SMILES string of the molecule is N#CC1(Br)CCS(=O)(=O)C1. The molecular formula is C5H6BrNO2S. The van der Waals surface area contributed by atoms with Gasteiger partial charge in [0.1, 0.15) is 4.32 Å². The molecule has 10 heavy (non-hydrogen) atoms. The van der Waals surface area contributed by atoms with Gasteiger partial charge in [-0.1, -0.05) is 15.9 Å². The number of nitriles is 1. The highest BCUT2D eigenvalue weighted by molar-refractivity contribution is 9.10. The Labute approximate surface area is 68.1 Å². The van der Waals surface area contributed by atoms with Crippen molar-refractivity contribution in [2.75, 3.05) is 11.5 Å². The lowest BCUT2D eigenvalue weighted by molar-refractivity contribution is 0.602. The minimum absolute atomic E-state index is 0.0451. The van der Waals surface area contributed by atoms with Crippen LogP contribution in [0.5, 0.6) is 0 Å². The van der Waals surface area contributed by atoms with Crippen molar-refractivity contribution in [3.8, 4) is 6.07 Å². The molecule has 0 bridgehead atoms. The molecule has 1 aliphatic rings. The molecule has 5 heteroatoms. The summed E-state index contributed by atoms with van der Waals surface area (Å²) in [6.07, 6.45) is 0.409. The summed E-state index contributed by atoms with van der Waals surface area (Å²) in [6, 6.07) is 1.93. The molecule has 0 spiro atoms. The lowest BCUT2D eigenvalue weighted by Gasteiger charge is -2.05. The summed E-state index contributed by atoms with van der Waals surface area (Å²) in [7, 11) is -2.94. The summed E-state index contributed by atoms with van der Waals surface area (Å²) in [5.74, 6) is 0.0856. The lowest BCUT2D eigenvalue weighted by atomic mass is 10.1. The van der Waals surface area contributed by atoms with Crippen LogP contribution in [0.2, 0.25) is 0 Å². The topological polar surface area (TPSA) is 57.9 Å². The fourth-order valence-electron chi connectivity index (χ4n) is 0.898. The zero-order valence-corrected chi connectivity index (χ0v) is 7.57. The number of hydrogen-bond donors (Lipinski definition) is 0. The first kappa shape index (κ1) is 8.02. The smallest absolute Gasteiger partial charge is 0.152 e. The lowest BCUT2D eigenvalue weighted by Crippen LogP contribution is -2.18. The van der Waals surface area contributed by atoms with Gasteiger partial charge in [-0.3, -0.25) is 0 Å². The molecule has 0 aromatic carbocycles. The van der Waals surface area contributed by atoms with Gasteiger partial charge in [0.05, 0.1) is 17.6 Å². The van der Waals surface area contributed by atoms with Crippen LogP contribution in [0.25, 0.3) is 0 Å². The van der Waals surface area contributed by atoms with Crippen molar-refractivity contribution in [3.05, 3.63) is 0 Å².